The van der Waals surface area contributed by atoms with Crippen LogP contribution < -0.4 is 4.90 Å². The van der Waals surface area contributed by atoms with Crippen molar-refractivity contribution in [3.63, 3.8) is 0 Å². The molecule has 1 saturated heterocycles. The highest BCUT2D eigenvalue weighted by molar-refractivity contribution is 5.94. The van der Waals surface area contributed by atoms with Gasteiger partial charge in [0.25, 0.3) is 0 Å². The van der Waals surface area contributed by atoms with Gasteiger partial charge in [0.2, 0.25) is 5.91 Å². The first-order valence-corrected chi connectivity index (χ1v) is 10.4. The van der Waals surface area contributed by atoms with Gasteiger partial charge in [-0.05, 0) is 36.2 Å². The quantitative estimate of drug-likeness (QED) is 0.577. The highest BCUT2D eigenvalue weighted by Gasteiger charge is 2.39. The molecule has 1 aliphatic heterocycles. The largest absolute Gasteiger partial charge is 0.416 e. The number of halogens is 3. The van der Waals surface area contributed by atoms with Crippen molar-refractivity contribution < 1.29 is 18.0 Å². The second-order valence-corrected chi connectivity index (χ2v) is 8.26. The average molecular weight is 442 g/mol. The Balaban J connectivity index is 1.61. The van der Waals surface area contributed by atoms with E-state index in [2.05, 4.69) is 10.00 Å². The van der Waals surface area contributed by atoms with Crippen LogP contribution in [0, 0.1) is 5.92 Å². The van der Waals surface area contributed by atoms with Crippen LogP contribution in [0.25, 0.3) is 0 Å². The number of anilines is 1. The number of carbonyl (C=O) groups excluding carboxylic acids is 1. The molecule has 0 bridgehead atoms. The molecule has 2 atom stereocenters. The van der Waals surface area contributed by atoms with Gasteiger partial charge >= 0.3 is 6.18 Å². The van der Waals surface area contributed by atoms with Crippen molar-refractivity contribution in [1.29, 1.82) is 0 Å². The molecule has 2 heterocycles. The lowest BCUT2D eigenvalue weighted by molar-refractivity contribution is -0.137. The summed E-state index contributed by atoms with van der Waals surface area (Å²) < 4.78 is 41.6. The number of alkyl halides is 3. The van der Waals surface area contributed by atoms with Gasteiger partial charge in [-0.15, -0.1) is 0 Å². The molecule has 0 spiro atoms. The number of hydrogen-bond acceptors (Lipinski definition) is 3. The van der Waals surface area contributed by atoms with Crippen LogP contribution in [0.4, 0.5) is 18.9 Å². The second kappa shape index (κ2) is 8.78. The SMILES string of the molecule is CN(C(=O)[C@@H]1C[C@@H](c2cccc(C(F)(F)F)c2)N(Cc2cnn(C)c2)C1)c1ccccc1. The first-order valence-electron chi connectivity index (χ1n) is 10.4. The van der Waals surface area contributed by atoms with Crippen molar-refractivity contribution in [2.75, 3.05) is 18.5 Å². The zero-order valence-electron chi connectivity index (χ0n) is 18.0. The predicted octanol–water partition coefficient (Wildman–Crippen LogP) is 4.67. The molecule has 0 unspecified atom stereocenters. The molecule has 1 aromatic heterocycles. The molecule has 32 heavy (non-hydrogen) atoms. The summed E-state index contributed by atoms with van der Waals surface area (Å²) in [7, 11) is 3.56. The summed E-state index contributed by atoms with van der Waals surface area (Å²) in [6.07, 6.45) is -0.327. The summed E-state index contributed by atoms with van der Waals surface area (Å²) in [5, 5.41) is 4.19. The van der Waals surface area contributed by atoms with Gasteiger partial charge in [-0.3, -0.25) is 14.4 Å². The van der Waals surface area contributed by atoms with Crippen molar-refractivity contribution in [2.24, 2.45) is 13.0 Å². The number of likely N-dealkylation sites (tertiary alicyclic amines) is 1. The lowest BCUT2D eigenvalue weighted by Crippen LogP contribution is -2.34. The number of nitrogens with zero attached hydrogens (tertiary/aromatic N) is 4. The predicted molar refractivity (Wildman–Crippen MR) is 116 cm³/mol. The molecule has 3 aromatic rings. The Bertz CT molecular complexity index is 1080. The number of benzene rings is 2. The van der Waals surface area contributed by atoms with Crippen LogP contribution in [0.5, 0.6) is 0 Å². The number of para-hydroxylation sites is 1. The molecule has 168 valence electrons. The summed E-state index contributed by atoms with van der Waals surface area (Å²) in [5.74, 6) is -0.363. The van der Waals surface area contributed by atoms with E-state index < -0.39 is 11.7 Å². The Hall–Kier alpha value is -3.13. The Labute approximate surface area is 185 Å². The van der Waals surface area contributed by atoms with E-state index in [4.69, 9.17) is 0 Å². The van der Waals surface area contributed by atoms with Crippen molar-refractivity contribution in [3.05, 3.63) is 83.7 Å². The van der Waals surface area contributed by atoms with Gasteiger partial charge in [0.15, 0.2) is 0 Å². The Morgan fingerprint density at radius 1 is 1.16 bits per heavy atom. The molecule has 0 saturated carbocycles. The van der Waals surface area contributed by atoms with E-state index in [0.29, 0.717) is 25.1 Å². The van der Waals surface area contributed by atoms with Gasteiger partial charge in [-0.2, -0.15) is 18.3 Å². The first-order chi connectivity index (χ1) is 15.2. The van der Waals surface area contributed by atoms with Gasteiger partial charge in [0.1, 0.15) is 0 Å². The number of carbonyl (C=O) groups is 1. The molecule has 8 heteroatoms. The minimum absolute atomic E-state index is 0.0399. The average Bonchev–Trinajstić information content (AvgIpc) is 3.39. The molecule has 0 aliphatic carbocycles. The van der Waals surface area contributed by atoms with E-state index in [0.717, 1.165) is 17.3 Å². The van der Waals surface area contributed by atoms with Crippen LogP contribution in [0.1, 0.15) is 29.2 Å². The molecule has 2 aromatic carbocycles. The van der Waals surface area contributed by atoms with Gasteiger partial charge in [0.05, 0.1) is 17.7 Å². The highest BCUT2D eigenvalue weighted by atomic mass is 19.4. The van der Waals surface area contributed by atoms with Crippen LogP contribution in [-0.4, -0.2) is 34.2 Å². The molecule has 1 fully saturated rings. The number of hydrogen-bond donors (Lipinski definition) is 0. The molecule has 1 amide bonds. The molecule has 1 aliphatic rings. The molecular formula is C24H25F3N4O. The third kappa shape index (κ3) is 4.70. The maximum atomic E-state index is 13.3. The third-order valence-corrected chi connectivity index (χ3v) is 5.97. The maximum Gasteiger partial charge on any atom is 0.416 e. The number of rotatable bonds is 5. The number of aryl methyl sites for hydroxylation is 1. The minimum atomic E-state index is -4.41. The number of amides is 1. The third-order valence-electron chi connectivity index (χ3n) is 5.97. The summed E-state index contributed by atoms with van der Waals surface area (Å²) in [6, 6.07) is 14.5. The topological polar surface area (TPSA) is 41.4 Å². The van der Waals surface area contributed by atoms with Crippen LogP contribution >= 0.6 is 0 Å². The molecule has 5 nitrogen and oxygen atoms in total. The minimum Gasteiger partial charge on any atom is -0.315 e. The van der Waals surface area contributed by atoms with Gasteiger partial charge in [0, 0.05) is 50.7 Å². The highest BCUT2D eigenvalue weighted by Crippen LogP contribution is 2.39. The van der Waals surface area contributed by atoms with Crippen molar-refractivity contribution in [1.82, 2.24) is 14.7 Å². The van der Waals surface area contributed by atoms with E-state index >= 15 is 0 Å². The Morgan fingerprint density at radius 2 is 1.91 bits per heavy atom. The van der Waals surface area contributed by atoms with Crippen molar-refractivity contribution >= 4 is 11.6 Å². The molecular weight excluding hydrogens is 417 g/mol. The van der Waals surface area contributed by atoms with Crippen LogP contribution in [0.2, 0.25) is 0 Å². The maximum absolute atomic E-state index is 13.3. The van der Waals surface area contributed by atoms with Gasteiger partial charge in [-0.1, -0.05) is 30.3 Å². The fraction of sp³-hybridized carbons (Fsp3) is 0.333. The van der Waals surface area contributed by atoms with Crippen molar-refractivity contribution in [3.8, 4) is 0 Å². The van der Waals surface area contributed by atoms with E-state index in [9.17, 15) is 18.0 Å². The van der Waals surface area contributed by atoms with Gasteiger partial charge < -0.3 is 4.90 Å². The zero-order chi connectivity index (χ0) is 22.9. The fourth-order valence-corrected chi connectivity index (χ4v) is 4.37. The van der Waals surface area contributed by atoms with E-state index in [-0.39, 0.29) is 17.9 Å². The summed E-state index contributed by atoms with van der Waals surface area (Å²) in [4.78, 5) is 17.0. The standard InChI is InChI=1S/C24H25F3N4O/c1-29-14-17(13-28-29)15-31-16-19(23(32)30(2)21-9-4-3-5-10-21)12-22(31)18-7-6-8-20(11-18)24(25,26)27/h3-11,13-14,19,22H,12,15-16H2,1-2H3/t19-,22+/m1/s1. The smallest absolute Gasteiger partial charge is 0.315 e. The van der Waals surface area contributed by atoms with Gasteiger partial charge in [-0.25, -0.2) is 0 Å². The van der Waals surface area contributed by atoms with Crippen LogP contribution in [0.3, 0.4) is 0 Å². The summed E-state index contributed by atoms with van der Waals surface area (Å²) >= 11 is 0. The monoisotopic (exact) mass is 442 g/mol. The van der Waals surface area contributed by atoms with E-state index in [1.807, 2.05) is 43.6 Å². The lowest BCUT2D eigenvalue weighted by Gasteiger charge is -2.25. The summed E-state index contributed by atoms with van der Waals surface area (Å²) in [6.45, 7) is 0.972. The lowest BCUT2D eigenvalue weighted by atomic mass is 9.97. The van der Waals surface area contributed by atoms with E-state index in [1.165, 1.54) is 12.1 Å². The Kier molecular flexibility index (Phi) is 6.06. The summed E-state index contributed by atoms with van der Waals surface area (Å²) in [5.41, 5.74) is 1.64. The molecule has 0 N–H and O–H groups in total. The molecule has 4 rings (SSSR count). The second-order valence-electron chi connectivity index (χ2n) is 8.26. The zero-order valence-corrected chi connectivity index (χ0v) is 18.0. The van der Waals surface area contributed by atoms with Crippen LogP contribution in [-0.2, 0) is 24.6 Å². The Morgan fingerprint density at radius 3 is 2.56 bits per heavy atom. The molecule has 0 radical (unpaired) electrons. The van der Waals surface area contributed by atoms with Crippen molar-refractivity contribution in [2.45, 2.75) is 25.2 Å². The first kappa shape index (κ1) is 22.1. The normalized spacial score (nSPS) is 19.3. The van der Waals surface area contributed by atoms with Crippen LogP contribution in [0.15, 0.2) is 67.0 Å². The number of aromatic nitrogens is 2. The fourth-order valence-electron chi connectivity index (χ4n) is 4.37. The van der Waals surface area contributed by atoms with E-state index in [1.54, 1.807) is 28.9 Å².